The minimum atomic E-state index is 1.14. The highest BCUT2D eigenvalue weighted by molar-refractivity contribution is 5.71. The predicted octanol–water partition coefficient (Wildman–Crippen LogP) is 3.05. The van der Waals surface area contributed by atoms with Crippen LogP contribution in [0.5, 0.6) is 0 Å². The van der Waals surface area contributed by atoms with E-state index >= 15 is 0 Å². The third-order valence-corrected chi connectivity index (χ3v) is 2.80. The van der Waals surface area contributed by atoms with E-state index in [4.69, 9.17) is 0 Å². The van der Waals surface area contributed by atoms with Crippen LogP contribution in [0.3, 0.4) is 0 Å². The maximum Gasteiger partial charge on any atom is -0.00640 e. The zero-order valence-electron chi connectivity index (χ0n) is 7.88. The highest BCUT2D eigenvalue weighted by Crippen LogP contribution is 2.31. The molecule has 0 unspecified atom stereocenters. The molecule has 0 saturated heterocycles. The lowest BCUT2D eigenvalue weighted by atomic mass is 9.86. The second-order valence-corrected chi connectivity index (χ2v) is 3.64. The van der Waals surface area contributed by atoms with E-state index in [2.05, 4.69) is 36.4 Å². The van der Waals surface area contributed by atoms with Gasteiger partial charge in [0.1, 0.15) is 0 Å². The Morgan fingerprint density at radius 2 is 1.29 bits per heavy atom. The molecule has 0 heteroatoms. The molecule has 0 bridgehead atoms. The SMILES string of the molecule is [c]1cccc2c1-c1[c]cccc1CC2. The first-order valence-electron chi connectivity index (χ1n) is 4.95. The molecule has 0 N–H and O–H groups in total. The van der Waals surface area contributed by atoms with E-state index < -0.39 is 0 Å². The number of rotatable bonds is 0. The number of hydrogen-bond donors (Lipinski definition) is 0. The summed E-state index contributed by atoms with van der Waals surface area (Å²) in [6, 6.07) is 19.1. The Kier molecular flexibility index (Phi) is 1.66. The van der Waals surface area contributed by atoms with Gasteiger partial charge in [0.2, 0.25) is 0 Å². The van der Waals surface area contributed by atoms with Crippen molar-refractivity contribution in [3.63, 3.8) is 0 Å². The van der Waals surface area contributed by atoms with Crippen LogP contribution < -0.4 is 0 Å². The summed E-state index contributed by atoms with van der Waals surface area (Å²) < 4.78 is 0. The fourth-order valence-electron chi connectivity index (χ4n) is 2.09. The molecule has 3 rings (SSSR count). The van der Waals surface area contributed by atoms with Crippen LogP contribution in [0.1, 0.15) is 11.1 Å². The van der Waals surface area contributed by atoms with Crippen molar-refractivity contribution in [2.75, 3.05) is 0 Å². The van der Waals surface area contributed by atoms with E-state index in [9.17, 15) is 0 Å². The minimum absolute atomic E-state index is 1.14. The van der Waals surface area contributed by atoms with Gasteiger partial charge in [-0.25, -0.2) is 0 Å². The molecule has 2 radical (unpaired) electrons. The van der Waals surface area contributed by atoms with Gasteiger partial charge in [0.25, 0.3) is 0 Å². The lowest BCUT2D eigenvalue weighted by Gasteiger charge is -2.18. The van der Waals surface area contributed by atoms with Gasteiger partial charge < -0.3 is 0 Å². The smallest absolute Gasteiger partial charge is 0.00640 e. The molecule has 2 aromatic rings. The number of hydrogen-bond acceptors (Lipinski definition) is 0. The second-order valence-electron chi connectivity index (χ2n) is 3.64. The van der Waals surface area contributed by atoms with Gasteiger partial charge in [0.15, 0.2) is 0 Å². The van der Waals surface area contributed by atoms with E-state index in [-0.39, 0.29) is 0 Å². The van der Waals surface area contributed by atoms with Crippen LogP contribution in [-0.4, -0.2) is 0 Å². The van der Waals surface area contributed by atoms with Crippen LogP contribution in [0.4, 0.5) is 0 Å². The molecule has 0 aliphatic heterocycles. The van der Waals surface area contributed by atoms with Gasteiger partial charge in [-0.05, 0) is 47.2 Å². The first-order valence-corrected chi connectivity index (χ1v) is 4.95. The van der Waals surface area contributed by atoms with E-state index in [0.29, 0.717) is 0 Å². The first-order chi connectivity index (χ1) is 6.95. The average molecular weight is 178 g/mol. The summed E-state index contributed by atoms with van der Waals surface area (Å²) in [6.07, 6.45) is 2.27. The van der Waals surface area contributed by atoms with Crippen molar-refractivity contribution in [1.29, 1.82) is 0 Å². The summed E-state index contributed by atoms with van der Waals surface area (Å²) in [5.74, 6) is 0. The summed E-state index contributed by atoms with van der Waals surface area (Å²) in [7, 11) is 0. The van der Waals surface area contributed by atoms with Gasteiger partial charge in [-0.3, -0.25) is 0 Å². The summed E-state index contributed by atoms with van der Waals surface area (Å²) in [5, 5.41) is 0. The molecule has 0 heterocycles. The first kappa shape index (κ1) is 7.81. The molecule has 0 atom stereocenters. The van der Waals surface area contributed by atoms with Gasteiger partial charge in [-0.1, -0.05) is 36.4 Å². The summed E-state index contributed by atoms with van der Waals surface area (Å²) in [4.78, 5) is 0. The molecule has 1 aliphatic carbocycles. The van der Waals surface area contributed by atoms with Crippen molar-refractivity contribution in [3.8, 4) is 11.1 Å². The van der Waals surface area contributed by atoms with Gasteiger partial charge >= 0.3 is 0 Å². The molecular formula is C14H10. The maximum absolute atomic E-state index is 3.31. The van der Waals surface area contributed by atoms with Crippen LogP contribution in [-0.2, 0) is 12.8 Å². The largest absolute Gasteiger partial charge is 0.0613 e. The highest BCUT2D eigenvalue weighted by Gasteiger charge is 2.14. The third-order valence-electron chi connectivity index (χ3n) is 2.80. The van der Waals surface area contributed by atoms with Gasteiger partial charge in [0.05, 0.1) is 0 Å². The summed E-state index contributed by atoms with van der Waals surface area (Å²) in [6.45, 7) is 0. The zero-order chi connectivity index (χ0) is 9.38. The molecule has 0 amide bonds. The fraction of sp³-hybridized carbons (Fsp3) is 0.143. The lowest BCUT2D eigenvalue weighted by molar-refractivity contribution is 0.941. The Morgan fingerprint density at radius 1 is 0.786 bits per heavy atom. The van der Waals surface area contributed by atoms with Crippen LogP contribution in [0.2, 0.25) is 0 Å². The minimum Gasteiger partial charge on any atom is -0.0613 e. The van der Waals surface area contributed by atoms with Crippen LogP contribution in [0, 0.1) is 12.1 Å². The zero-order valence-corrected chi connectivity index (χ0v) is 7.88. The van der Waals surface area contributed by atoms with Crippen molar-refractivity contribution in [2.24, 2.45) is 0 Å². The molecule has 66 valence electrons. The number of aryl methyl sites for hydroxylation is 2. The molecule has 14 heavy (non-hydrogen) atoms. The highest BCUT2D eigenvalue weighted by atomic mass is 14.2. The Hall–Kier alpha value is -1.56. The standard InChI is InChI=1S/C14H10/c1-3-7-13-11(5-1)9-10-12-6-2-4-8-14(12)13/h1-6H,9-10H2. The van der Waals surface area contributed by atoms with Gasteiger partial charge in [-0.2, -0.15) is 0 Å². The molecular weight excluding hydrogens is 168 g/mol. The quantitative estimate of drug-likeness (QED) is 0.581. The third kappa shape index (κ3) is 1.07. The maximum atomic E-state index is 3.31. The monoisotopic (exact) mass is 178 g/mol. The lowest BCUT2D eigenvalue weighted by Crippen LogP contribution is -2.03. The fourth-order valence-corrected chi connectivity index (χ4v) is 2.09. The molecule has 0 fully saturated rings. The normalized spacial score (nSPS) is 13.1. The molecule has 0 spiro atoms. The van der Waals surface area contributed by atoms with Gasteiger partial charge in [0, 0.05) is 0 Å². The topological polar surface area (TPSA) is 0 Å². The van der Waals surface area contributed by atoms with Crippen molar-refractivity contribution in [2.45, 2.75) is 12.8 Å². The molecule has 0 nitrogen and oxygen atoms in total. The van der Waals surface area contributed by atoms with Crippen LogP contribution in [0.15, 0.2) is 36.4 Å². The van der Waals surface area contributed by atoms with Crippen molar-refractivity contribution in [3.05, 3.63) is 59.7 Å². The summed E-state index contributed by atoms with van der Waals surface area (Å²) >= 11 is 0. The van der Waals surface area contributed by atoms with Crippen LogP contribution in [0.25, 0.3) is 11.1 Å². The molecule has 0 aromatic heterocycles. The van der Waals surface area contributed by atoms with E-state index in [1.54, 1.807) is 0 Å². The Labute approximate surface area is 84.2 Å². The second kappa shape index (κ2) is 2.98. The van der Waals surface area contributed by atoms with Crippen molar-refractivity contribution in [1.82, 2.24) is 0 Å². The van der Waals surface area contributed by atoms with Crippen molar-refractivity contribution < 1.29 is 0 Å². The van der Waals surface area contributed by atoms with Crippen molar-refractivity contribution >= 4 is 0 Å². The van der Waals surface area contributed by atoms with E-state index in [1.165, 1.54) is 22.3 Å². The van der Waals surface area contributed by atoms with E-state index in [1.807, 2.05) is 12.1 Å². The predicted molar refractivity (Wildman–Crippen MR) is 57.0 cm³/mol. The Bertz CT molecular complexity index is 423. The van der Waals surface area contributed by atoms with Gasteiger partial charge in [-0.15, -0.1) is 0 Å². The van der Waals surface area contributed by atoms with Crippen LogP contribution >= 0.6 is 0 Å². The van der Waals surface area contributed by atoms with E-state index in [0.717, 1.165) is 12.8 Å². The average Bonchev–Trinajstić information content (AvgIpc) is 2.29. The Morgan fingerprint density at radius 3 is 1.79 bits per heavy atom. The molecule has 1 aliphatic rings. The Balaban J connectivity index is 2.29. The summed E-state index contributed by atoms with van der Waals surface area (Å²) in [5.41, 5.74) is 5.30. The number of benzene rings is 2. The number of fused-ring (bicyclic) bond motifs is 3. The molecule has 2 aromatic carbocycles. The molecule has 0 saturated carbocycles.